The largest absolute Gasteiger partial charge is 0.343 e. The highest BCUT2D eigenvalue weighted by molar-refractivity contribution is 7.19. The molecule has 1 amide bonds. The Kier molecular flexibility index (Phi) is 5.40. The number of piperidine rings is 1. The van der Waals surface area contributed by atoms with Crippen molar-refractivity contribution in [3.05, 3.63) is 77.2 Å². The van der Waals surface area contributed by atoms with Crippen LogP contribution in [0.3, 0.4) is 0 Å². The number of anilines is 1. The van der Waals surface area contributed by atoms with Crippen LogP contribution in [0, 0.1) is 26.7 Å². The van der Waals surface area contributed by atoms with Gasteiger partial charge in [0.25, 0.3) is 5.91 Å². The minimum atomic E-state index is 0.0436. The summed E-state index contributed by atoms with van der Waals surface area (Å²) < 4.78 is 0. The van der Waals surface area contributed by atoms with E-state index in [1.54, 1.807) is 23.7 Å². The third-order valence-corrected chi connectivity index (χ3v) is 8.41. The summed E-state index contributed by atoms with van der Waals surface area (Å²) in [4.78, 5) is 25.8. The fraction of sp³-hybridized carbons (Fsp3) is 0.333. The lowest BCUT2D eigenvalue weighted by Crippen LogP contribution is -2.65. The Morgan fingerprint density at radius 3 is 2.60 bits per heavy atom. The summed E-state index contributed by atoms with van der Waals surface area (Å²) in [5.41, 5.74) is 5.96. The van der Waals surface area contributed by atoms with Crippen molar-refractivity contribution in [3.8, 4) is 16.1 Å². The molecule has 8 heteroatoms. The lowest BCUT2D eigenvalue weighted by Gasteiger charge is -2.53. The lowest BCUT2D eigenvalue weighted by molar-refractivity contribution is 0.0592. The Morgan fingerprint density at radius 1 is 1.00 bits per heavy atom. The molecule has 2 aliphatic rings. The summed E-state index contributed by atoms with van der Waals surface area (Å²) in [7, 11) is 0. The maximum Gasteiger partial charge on any atom is 0.256 e. The summed E-state index contributed by atoms with van der Waals surface area (Å²) in [5, 5.41) is 9.57. The molecule has 0 radical (unpaired) electrons. The maximum absolute atomic E-state index is 13.7. The Balaban J connectivity index is 1.24. The Morgan fingerprint density at radius 2 is 1.80 bits per heavy atom. The van der Waals surface area contributed by atoms with Gasteiger partial charge in [-0.05, 0) is 44.9 Å². The number of hydrogen-bond donors (Lipinski definition) is 0. The number of aromatic nitrogens is 4. The maximum atomic E-state index is 13.7. The fourth-order valence-electron chi connectivity index (χ4n) is 5.27. The molecular weight excluding hydrogens is 456 g/mol. The highest BCUT2D eigenvalue weighted by atomic mass is 32.1. The van der Waals surface area contributed by atoms with Crippen molar-refractivity contribution in [1.29, 1.82) is 0 Å². The molecule has 2 fully saturated rings. The summed E-state index contributed by atoms with van der Waals surface area (Å²) in [5.74, 6) is 0.650. The summed E-state index contributed by atoms with van der Waals surface area (Å²) in [6, 6.07) is 14.8. The molecule has 2 aromatic heterocycles. The van der Waals surface area contributed by atoms with Crippen molar-refractivity contribution in [3.63, 3.8) is 0 Å². The number of benzene rings is 2. The fourth-order valence-corrected chi connectivity index (χ4v) is 6.40. The van der Waals surface area contributed by atoms with Crippen LogP contribution in [0.15, 0.2) is 54.9 Å². The zero-order valence-corrected chi connectivity index (χ0v) is 21.0. The first-order chi connectivity index (χ1) is 17.0. The van der Waals surface area contributed by atoms with Crippen LogP contribution in [-0.4, -0.2) is 56.5 Å². The van der Waals surface area contributed by atoms with E-state index in [0.29, 0.717) is 24.1 Å². The van der Waals surface area contributed by atoms with Gasteiger partial charge in [0.15, 0.2) is 5.13 Å². The van der Waals surface area contributed by atoms with E-state index >= 15 is 0 Å². The molecule has 35 heavy (non-hydrogen) atoms. The molecule has 0 N–H and O–H groups in total. The number of carbonyl (C=O) groups is 1. The summed E-state index contributed by atoms with van der Waals surface area (Å²) in [6.45, 7) is 8.72. The first-order valence-electron chi connectivity index (χ1n) is 12.1. The topological polar surface area (TPSA) is 67.2 Å². The number of aryl methyl sites for hydroxylation is 3. The van der Waals surface area contributed by atoms with Crippen molar-refractivity contribution in [2.24, 2.45) is 5.92 Å². The molecule has 2 aromatic carbocycles. The average Bonchev–Trinajstić information content (AvgIpc) is 3.49. The second-order valence-corrected chi connectivity index (χ2v) is 10.6. The van der Waals surface area contributed by atoms with E-state index in [-0.39, 0.29) is 5.91 Å². The Bertz CT molecular complexity index is 1390. The number of carbonyl (C=O) groups excluding carboxylic acids is 1. The van der Waals surface area contributed by atoms with Crippen LogP contribution < -0.4 is 4.90 Å². The van der Waals surface area contributed by atoms with Gasteiger partial charge in [0.05, 0.1) is 40.3 Å². The minimum Gasteiger partial charge on any atom is -0.343 e. The van der Waals surface area contributed by atoms with E-state index < -0.39 is 0 Å². The van der Waals surface area contributed by atoms with Crippen LogP contribution in [0.1, 0.15) is 33.6 Å². The molecule has 178 valence electrons. The first-order valence-corrected chi connectivity index (χ1v) is 12.9. The van der Waals surface area contributed by atoms with Gasteiger partial charge in [-0.15, -0.1) is 0 Å². The highest BCUT2D eigenvalue weighted by Gasteiger charge is 2.45. The number of rotatable bonds is 4. The van der Waals surface area contributed by atoms with Crippen LogP contribution >= 0.6 is 11.3 Å². The molecule has 0 saturated carbocycles. The van der Waals surface area contributed by atoms with Crippen molar-refractivity contribution in [2.45, 2.75) is 33.2 Å². The predicted molar refractivity (Wildman–Crippen MR) is 138 cm³/mol. The minimum absolute atomic E-state index is 0.0436. The van der Waals surface area contributed by atoms with Gasteiger partial charge in [-0.25, -0.2) is 4.98 Å². The van der Waals surface area contributed by atoms with E-state index in [9.17, 15) is 4.79 Å². The highest BCUT2D eigenvalue weighted by Crippen LogP contribution is 2.42. The quantitative estimate of drug-likeness (QED) is 0.421. The van der Waals surface area contributed by atoms with E-state index in [1.807, 2.05) is 30.0 Å². The molecule has 0 aliphatic carbocycles. The van der Waals surface area contributed by atoms with E-state index in [4.69, 9.17) is 4.98 Å². The molecule has 4 heterocycles. The molecule has 2 saturated heterocycles. The summed E-state index contributed by atoms with van der Waals surface area (Å²) >= 11 is 1.76. The molecule has 2 aliphatic heterocycles. The monoisotopic (exact) mass is 484 g/mol. The molecule has 0 bridgehead atoms. The van der Waals surface area contributed by atoms with Crippen LogP contribution in [0.4, 0.5) is 5.13 Å². The number of thiazole rings is 1. The van der Waals surface area contributed by atoms with Crippen LogP contribution in [0.2, 0.25) is 0 Å². The van der Waals surface area contributed by atoms with Crippen LogP contribution in [-0.2, 0) is 0 Å². The molecule has 0 spiro atoms. The average molecular weight is 485 g/mol. The first kappa shape index (κ1) is 22.0. The molecule has 2 atom stereocenters. The SMILES string of the molecule is Cc1cccc(-c2sc(N3CC4CCN(C(=O)c5cc(C)ccc5-n5nccn5)C[C@H]43)nc2C)c1. The molecule has 4 aromatic rings. The van der Waals surface area contributed by atoms with Gasteiger partial charge in [-0.3, -0.25) is 4.79 Å². The van der Waals surface area contributed by atoms with E-state index in [1.165, 1.54) is 20.8 Å². The third kappa shape index (κ3) is 3.91. The van der Waals surface area contributed by atoms with Crippen molar-refractivity contribution >= 4 is 22.4 Å². The van der Waals surface area contributed by atoms with E-state index in [2.05, 4.69) is 53.2 Å². The van der Waals surface area contributed by atoms with Gasteiger partial charge in [0.1, 0.15) is 0 Å². The molecule has 1 unspecified atom stereocenters. The second kappa shape index (κ2) is 8.61. The van der Waals surface area contributed by atoms with Crippen molar-refractivity contribution < 1.29 is 4.79 Å². The van der Waals surface area contributed by atoms with Crippen LogP contribution in [0.25, 0.3) is 16.1 Å². The molecule has 6 rings (SSSR count). The van der Waals surface area contributed by atoms with Crippen molar-refractivity contribution in [2.75, 3.05) is 24.5 Å². The van der Waals surface area contributed by atoms with Gasteiger partial charge < -0.3 is 9.80 Å². The van der Waals surface area contributed by atoms with E-state index in [0.717, 1.165) is 41.6 Å². The number of fused-ring (bicyclic) bond motifs is 1. The second-order valence-electron chi connectivity index (χ2n) is 9.64. The predicted octanol–water partition coefficient (Wildman–Crippen LogP) is 4.67. The number of hydrogen-bond acceptors (Lipinski definition) is 6. The standard InChI is InChI=1S/C27H28N6OS/c1-17-5-4-6-20(13-17)25-19(3)30-27(35-25)32-15-21-9-12-31(16-24(21)32)26(34)22-14-18(2)7-8-23(22)33-28-10-11-29-33/h4-8,10-11,13-14,21,24H,9,12,15-16H2,1-3H3/t21?,24-/m1/s1. The third-order valence-electron chi connectivity index (χ3n) is 7.17. The number of likely N-dealkylation sites (tertiary alicyclic amines) is 1. The zero-order chi connectivity index (χ0) is 24.1. The zero-order valence-electron chi connectivity index (χ0n) is 20.2. The Hall–Kier alpha value is -3.52. The van der Waals surface area contributed by atoms with Gasteiger partial charge in [0, 0.05) is 25.6 Å². The molecule has 7 nitrogen and oxygen atoms in total. The summed E-state index contributed by atoms with van der Waals surface area (Å²) in [6.07, 6.45) is 4.28. The smallest absolute Gasteiger partial charge is 0.256 e. The lowest BCUT2D eigenvalue weighted by atomic mass is 9.82. The normalized spacial score (nSPS) is 19.4. The van der Waals surface area contributed by atoms with Gasteiger partial charge in [-0.2, -0.15) is 15.0 Å². The molecular formula is C27H28N6OS. The van der Waals surface area contributed by atoms with Crippen LogP contribution in [0.5, 0.6) is 0 Å². The Labute approximate surface area is 209 Å². The number of nitrogens with zero attached hydrogens (tertiary/aromatic N) is 6. The number of amides is 1. The van der Waals surface area contributed by atoms with Crippen molar-refractivity contribution in [1.82, 2.24) is 24.9 Å². The van der Waals surface area contributed by atoms with Gasteiger partial charge in [-0.1, -0.05) is 52.8 Å². The van der Waals surface area contributed by atoms with Gasteiger partial charge in [0.2, 0.25) is 0 Å². The van der Waals surface area contributed by atoms with Gasteiger partial charge >= 0.3 is 0 Å².